The van der Waals surface area contributed by atoms with Crippen molar-refractivity contribution in [3.63, 3.8) is 0 Å². The van der Waals surface area contributed by atoms with E-state index in [1.807, 2.05) is 55.5 Å². The molecule has 0 spiro atoms. The van der Waals surface area contributed by atoms with Crippen LogP contribution >= 0.6 is 11.6 Å². The van der Waals surface area contributed by atoms with Gasteiger partial charge in [-0.3, -0.25) is 0 Å². The number of nitrogens with zero attached hydrogens (tertiary/aromatic N) is 2. The summed E-state index contributed by atoms with van der Waals surface area (Å²) in [5, 5.41) is 7.38. The van der Waals surface area contributed by atoms with Crippen LogP contribution in [-0.4, -0.2) is 24.2 Å². The predicted molar refractivity (Wildman–Crippen MR) is 112 cm³/mol. The van der Waals surface area contributed by atoms with Crippen molar-refractivity contribution in [2.75, 3.05) is 24.9 Å². The summed E-state index contributed by atoms with van der Waals surface area (Å²) >= 11 is 5.93. The number of aryl methyl sites for hydroxylation is 1. The smallest absolute Gasteiger partial charge is 0.161 e. The second kappa shape index (κ2) is 9.28. The molecule has 3 rings (SSSR count). The Morgan fingerprint density at radius 1 is 0.786 bits per heavy atom. The summed E-state index contributed by atoms with van der Waals surface area (Å²) < 4.78 is 10.6. The van der Waals surface area contributed by atoms with Gasteiger partial charge in [0.2, 0.25) is 0 Å². The van der Waals surface area contributed by atoms with Gasteiger partial charge in [-0.25, -0.2) is 9.97 Å². The standard InChI is InChI=1S/C21H23ClN4O2/c1-14-25-20(23-12-15-4-7-17(22)8-5-15)11-21(26-14)24-13-16-6-9-18(27-2)19(10-16)28-3/h4-11H,12-13H2,1-3H3,(H2,23,24,25,26). The second-order valence-electron chi connectivity index (χ2n) is 6.21. The van der Waals surface area contributed by atoms with Gasteiger partial charge in [-0.15, -0.1) is 0 Å². The van der Waals surface area contributed by atoms with Gasteiger partial charge in [-0.1, -0.05) is 29.8 Å². The fourth-order valence-corrected chi connectivity index (χ4v) is 2.85. The molecule has 6 nitrogen and oxygen atoms in total. The first-order valence-electron chi connectivity index (χ1n) is 8.86. The Morgan fingerprint density at radius 2 is 1.36 bits per heavy atom. The minimum absolute atomic E-state index is 0.605. The Bertz CT molecular complexity index is 932. The maximum atomic E-state index is 5.93. The molecule has 0 amide bonds. The van der Waals surface area contributed by atoms with Crippen LogP contribution in [0.3, 0.4) is 0 Å². The van der Waals surface area contributed by atoms with Crippen molar-refractivity contribution in [3.8, 4) is 11.5 Å². The summed E-state index contributed by atoms with van der Waals surface area (Å²) in [6.07, 6.45) is 0. The fourth-order valence-electron chi connectivity index (χ4n) is 2.73. The van der Waals surface area contributed by atoms with Gasteiger partial charge < -0.3 is 20.1 Å². The van der Waals surface area contributed by atoms with Crippen LogP contribution in [0.1, 0.15) is 17.0 Å². The Morgan fingerprint density at radius 3 is 1.96 bits per heavy atom. The Kier molecular flexibility index (Phi) is 6.55. The maximum Gasteiger partial charge on any atom is 0.161 e. The number of nitrogens with one attached hydrogen (secondary N) is 2. The molecule has 2 N–H and O–H groups in total. The fraction of sp³-hybridized carbons (Fsp3) is 0.238. The van der Waals surface area contributed by atoms with Gasteiger partial charge in [0.05, 0.1) is 14.2 Å². The molecule has 0 fully saturated rings. The monoisotopic (exact) mass is 398 g/mol. The van der Waals surface area contributed by atoms with Crippen molar-refractivity contribution in [2.24, 2.45) is 0 Å². The van der Waals surface area contributed by atoms with Crippen molar-refractivity contribution in [1.82, 2.24) is 9.97 Å². The number of methoxy groups -OCH3 is 2. The van der Waals surface area contributed by atoms with E-state index >= 15 is 0 Å². The average Bonchev–Trinajstić information content (AvgIpc) is 2.71. The molecule has 0 bridgehead atoms. The lowest BCUT2D eigenvalue weighted by molar-refractivity contribution is 0.354. The highest BCUT2D eigenvalue weighted by Crippen LogP contribution is 2.27. The highest BCUT2D eigenvalue weighted by atomic mass is 35.5. The number of anilines is 2. The molecule has 28 heavy (non-hydrogen) atoms. The predicted octanol–water partition coefficient (Wildman–Crippen LogP) is 4.68. The van der Waals surface area contributed by atoms with Crippen LogP contribution in [0, 0.1) is 6.92 Å². The molecule has 7 heteroatoms. The molecule has 0 radical (unpaired) electrons. The van der Waals surface area contributed by atoms with Crippen LogP contribution in [0.5, 0.6) is 11.5 Å². The van der Waals surface area contributed by atoms with Gasteiger partial charge in [0.1, 0.15) is 17.5 Å². The van der Waals surface area contributed by atoms with Gasteiger partial charge in [0, 0.05) is 24.2 Å². The lowest BCUT2D eigenvalue weighted by Gasteiger charge is -2.12. The number of hydrogen-bond donors (Lipinski definition) is 2. The van der Waals surface area contributed by atoms with E-state index in [0.717, 1.165) is 27.8 Å². The molecule has 146 valence electrons. The molecule has 0 unspecified atom stereocenters. The zero-order valence-corrected chi connectivity index (χ0v) is 16.9. The second-order valence-corrected chi connectivity index (χ2v) is 6.64. The molecule has 0 aliphatic carbocycles. The van der Waals surface area contributed by atoms with E-state index in [0.29, 0.717) is 30.4 Å². The van der Waals surface area contributed by atoms with Crippen molar-refractivity contribution in [3.05, 3.63) is 70.5 Å². The molecule has 0 aliphatic heterocycles. The topological polar surface area (TPSA) is 68.3 Å². The highest BCUT2D eigenvalue weighted by Gasteiger charge is 2.06. The van der Waals surface area contributed by atoms with Crippen LogP contribution in [-0.2, 0) is 13.1 Å². The molecule has 0 aliphatic rings. The number of halogens is 1. The van der Waals surface area contributed by atoms with E-state index < -0.39 is 0 Å². The Hall–Kier alpha value is -2.99. The van der Waals surface area contributed by atoms with E-state index in [2.05, 4.69) is 20.6 Å². The summed E-state index contributed by atoms with van der Waals surface area (Å²) in [6, 6.07) is 15.4. The zero-order valence-electron chi connectivity index (χ0n) is 16.1. The summed E-state index contributed by atoms with van der Waals surface area (Å²) in [4.78, 5) is 8.90. The third-order valence-electron chi connectivity index (χ3n) is 4.15. The molecule has 3 aromatic rings. The highest BCUT2D eigenvalue weighted by molar-refractivity contribution is 6.30. The van der Waals surface area contributed by atoms with Crippen LogP contribution in [0.4, 0.5) is 11.6 Å². The van der Waals surface area contributed by atoms with E-state index in [1.54, 1.807) is 14.2 Å². The molecule has 2 aromatic carbocycles. The third kappa shape index (κ3) is 5.27. The largest absolute Gasteiger partial charge is 0.493 e. The lowest BCUT2D eigenvalue weighted by Crippen LogP contribution is -2.07. The first kappa shape index (κ1) is 19.8. The Labute approximate surface area is 169 Å². The minimum Gasteiger partial charge on any atom is -0.493 e. The van der Waals surface area contributed by atoms with Gasteiger partial charge in [-0.2, -0.15) is 0 Å². The SMILES string of the molecule is COc1ccc(CNc2cc(NCc3ccc(Cl)cc3)nc(C)n2)cc1OC. The van der Waals surface area contributed by atoms with E-state index in [1.165, 1.54) is 0 Å². The summed E-state index contributed by atoms with van der Waals surface area (Å²) in [6.45, 7) is 3.13. The number of aromatic nitrogens is 2. The molecule has 1 heterocycles. The molecular formula is C21H23ClN4O2. The van der Waals surface area contributed by atoms with Gasteiger partial charge >= 0.3 is 0 Å². The molecule has 0 atom stereocenters. The van der Waals surface area contributed by atoms with Crippen LogP contribution in [0.25, 0.3) is 0 Å². The summed E-state index contributed by atoms with van der Waals surface area (Å²) in [5.41, 5.74) is 2.19. The van der Waals surface area contributed by atoms with Crippen molar-refractivity contribution in [1.29, 1.82) is 0 Å². The number of rotatable bonds is 8. The first-order chi connectivity index (χ1) is 13.6. The summed E-state index contributed by atoms with van der Waals surface area (Å²) in [5.74, 6) is 3.61. The lowest BCUT2D eigenvalue weighted by atomic mass is 10.2. The van der Waals surface area contributed by atoms with Gasteiger partial charge in [0.25, 0.3) is 0 Å². The maximum absolute atomic E-state index is 5.93. The molecule has 1 aromatic heterocycles. The number of ether oxygens (including phenoxy) is 2. The molecular weight excluding hydrogens is 376 g/mol. The van der Waals surface area contributed by atoms with Crippen LogP contribution < -0.4 is 20.1 Å². The first-order valence-corrected chi connectivity index (χ1v) is 9.24. The quantitative estimate of drug-likeness (QED) is 0.574. The van der Waals surface area contributed by atoms with E-state index in [4.69, 9.17) is 21.1 Å². The van der Waals surface area contributed by atoms with Crippen molar-refractivity contribution >= 4 is 23.2 Å². The average molecular weight is 399 g/mol. The van der Waals surface area contributed by atoms with Crippen molar-refractivity contribution in [2.45, 2.75) is 20.0 Å². The Balaban J connectivity index is 1.65. The van der Waals surface area contributed by atoms with Crippen molar-refractivity contribution < 1.29 is 9.47 Å². The zero-order chi connectivity index (χ0) is 19.9. The molecule has 0 saturated heterocycles. The number of hydrogen-bond acceptors (Lipinski definition) is 6. The minimum atomic E-state index is 0.605. The van der Waals surface area contributed by atoms with Crippen LogP contribution in [0.2, 0.25) is 5.02 Å². The van der Waals surface area contributed by atoms with Crippen LogP contribution in [0.15, 0.2) is 48.5 Å². The molecule has 0 saturated carbocycles. The summed E-state index contributed by atoms with van der Waals surface area (Å²) in [7, 11) is 3.25. The van der Waals surface area contributed by atoms with E-state index in [9.17, 15) is 0 Å². The van der Waals surface area contributed by atoms with Gasteiger partial charge in [-0.05, 0) is 42.3 Å². The normalized spacial score (nSPS) is 10.4. The third-order valence-corrected chi connectivity index (χ3v) is 4.40. The number of benzene rings is 2. The van der Waals surface area contributed by atoms with Gasteiger partial charge in [0.15, 0.2) is 11.5 Å². The van der Waals surface area contributed by atoms with E-state index in [-0.39, 0.29) is 0 Å².